The van der Waals surface area contributed by atoms with E-state index in [4.69, 9.17) is 4.74 Å². The highest BCUT2D eigenvalue weighted by Gasteiger charge is 2.15. The van der Waals surface area contributed by atoms with Gasteiger partial charge in [-0.15, -0.1) is 11.3 Å². The number of aryl methyl sites for hydroxylation is 1. The molecule has 0 saturated heterocycles. The summed E-state index contributed by atoms with van der Waals surface area (Å²) < 4.78 is 6.45. The number of hydrogen-bond donors (Lipinski definition) is 1. The van der Waals surface area contributed by atoms with E-state index >= 15 is 0 Å². The lowest BCUT2D eigenvalue weighted by atomic mass is 10.1. The molecule has 0 aliphatic heterocycles. The average molecular weight is 405 g/mol. The van der Waals surface area contributed by atoms with Gasteiger partial charge in [0.25, 0.3) is 5.56 Å². The van der Waals surface area contributed by atoms with E-state index in [1.54, 1.807) is 31.4 Å². The van der Waals surface area contributed by atoms with Gasteiger partial charge in [-0.25, -0.2) is 4.98 Å². The quantitative estimate of drug-likeness (QED) is 0.543. The fourth-order valence-corrected chi connectivity index (χ4v) is 3.96. The van der Waals surface area contributed by atoms with Crippen LogP contribution in [0.25, 0.3) is 21.3 Å². The third kappa shape index (κ3) is 3.90. The molecule has 29 heavy (non-hydrogen) atoms. The molecule has 4 aromatic rings. The molecule has 1 N–H and O–H groups in total. The summed E-state index contributed by atoms with van der Waals surface area (Å²) in [5, 5.41) is 5.26. The first kappa shape index (κ1) is 18.9. The van der Waals surface area contributed by atoms with Crippen molar-refractivity contribution in [3.63, 3.8) is 0 Å². The molecule has 2 heterocycles. The minimum Gasteiger partial charge on any atom is -0.497 e. The van der Waals surface area contributed by atoms with E-state index in [1.165, 1.54) is 22.2 Å². The molecule has 0 bridgehead atoms. The molecule has 4 rings (SSSR count). The lowest BCUT2D eigenvalue weighted by Crippen LogP contribution is -2.27. The highest BCUT2D eigenvalue weighted by molar-refractivity contribution is 7.17. The lowest BCUT2D eigenvalue weighted by Gasteiger charge is -2.08. The number of anilines is 1. The zero-order valence-corrected chi connectivity index (χ0v) is 16.8. The van der Waals surface area contributed by atoms with Crippen LogP contribution in [-0.2, 0) is 11.3 Å². The van der Waals surface area contributed by atoms with Crippen LogP contribution in [-0.4, -0.2) is 22.6 Å². The maximum absolute atomic E-state index is 13.1. The maximum atomic E-state index is 13.1. The molecule has 0 radical (unpaired) electrons. The first-order valence-electron chi connectivity index (χ1n) is 9.03. The van der Waals surface area contributed by atoms with Crippen LogP contribution in [0.3, 0.4) is 0 Å². The average Bonchev–Trinajstić information content (AvgIpc) is 3.16. The molecule has 0 fully saturated rings. The summed E-state index contributed by atoms with van der Waals surface area (Å²) >= 11 is 1.42. The van der Waals surface area contributed by atoms with E-state index in [9.17, 15) is 9.59 Å². The first-order chi connectivity index (χ1) is 14.0. The van der Waals surface area contributed by atoms with Gasteiger partial charge in [-0.05, 0) is 36.8 Å². The predicted octanol–water partition coefficient (Wildman–Crippen LogP) is 4.08. The van der Waals surface area contributed by atoms with Crippen molar-refractivity contribution in [1.29, 1.82) is 0 Å². The Hall–Kier alpha value is -3.45. The molecule has 0 atom stereocenters. The summed E-state index contributed by atoms with van der Waals surface area (Å²) in [4.78, 5) is 30.5. The topological polar surface area (TPSA) is 73.2 Å². The molecule has 0 unspecified atom stereocenters. The number of aromatic nitrogens is 2. The normalized spacial score (nSPS) is 10.8. The van der Waals surface area contributed by atoms with Gasteiger partial charge in [0.2, 0.25) is 5.91 Å². The molecule has 0 saturated carbocycles. The van der Waals surface area contributed by atoms with Crippen LogP contribution < -0.4 is 15.6 Å². The smallest absolute Gasteiger partial charge is 0.263 e. The largest absolute Gasteiger partial charge is 0.497 e. The first-order valence-corrected chi connectivity index (χ1v) is 9.90. The van der Waals surface area contributed by atoms with E-state index in [-0.39, 0.29) is 18.0 Å². The van der Waals surface area contributed by atoms with Crippen molar-refractivity contribution in [1.82, 2.24) is 9.55 Å². The molecule has 146 valence electrons. The van der Waals surface area contributed by atoms with Gasteiger partial charge >= 0.3 is 0 Å². The number of thiophene rings is 1. The number of benzene rings is 2. The number of ether oxygens (including phenoxy) is 1. The van der Waals surface area contributed by atoms with Crippen molar-refractivity contribution in [3.8, 4) is 16.9 Å². The number of methoxy groups -OCH3 is 1. The van der Waals surface area contributed by atoms with Gasteiger partial charge in [-0.1, -0.05) is 29.8 Å². The number of amides is 1. The van der Waals surface area contributed by atoms with E-state index in [2.05, 4.69) is 10.3 Å². The summed E-state index contributed by atoms with van der Waals surface area (Å²) in [7, 11) is 1.58. The molecular formula is C22H19N3O3S. The third-order valence-corrected chi connectivity index (χ3v) is 5.50. The van der Waals surface area contributed by atoms with E-state index in [0.717, 1.165) is 16.7 Å². The lowest BCUT2D eigenvalue weighted by molar-refractivity contribution is -0.116. The summed E-state index contributed by atoms with van der Waals surface area (Å²) in [6.45, 7) is 1.91. The van der Waals surface area contributed by atoms with Crippen LogP contribution in [0.4, 0.5) is 5.69 Å². The van der Waals surface area contributed by atoms with Gasteiger partial charge in [0.05, 0.1) is 18.8 Å². The number of hydrogen-bond acceptors (Lipinski definition) is 5. The third-order valence-electron chi connectivity index (χ3n) is 4.61. The Morgan fingerprint density at radius 1 is 1.14 bits per heavy atom. The second kappa shape index (κ2) is 7.89. The number of fused-ring (bicyclic) bond motifs is 1. The number of rotatable bonds is 5. The fraction of sp³-hybridized carbons (Fsp3) is 0.136. The zero-order chi connectivity index (χ0) is 20.4. The second-order valence-electron chi connectivity index (χ2n) is 6.65. The molecule has 6 nitrogen and oxygen atoms in total. The Balaban J connectivity index is 1.61. The van der Waals surface area contributed by atoms with Crippen LogP contribution in [0.15, 0.2) is 65.0 Å². The Labute approximate surface area is 171 Å². The van der Waals surface area contributed by atoms with Crippen LogP contribution >= 0.6 is 11.3 Å². The van der Waals surface area contributed by atoms with Gasteiger partial charge in [0.1, 0.15) is 17.1 Å². The Morgan fingerprint density at radius 3 is 2.55 bits per heavy atom. The highest BCUT2D eigenvalue weighted by Crippen LogP contribution is 2.30. The SMILES string of the molecule is COc1ccc(NC(=O)Cn2cnc3scc(-c4ccc(C)cc4)c3c2=O)cc1. The number of carbonyl (C=O) groups is 1. The standard InChI is InChI=1S/C22H19N3O3S/c1-14-3-5-15(6-4-14)18-12-29-21-20(18)22(27)25(13-23-21)11-19(26)24-16-7-9-17(28-2)10-8-16/h3-10,12-13H,11H2,1-2H3,(H,24,26). The van der Waals surface area contributed by atoms with Crippen LogP contribution in [0.1, 0.15) is 5.56 Å². The van der Waals surface area contributed by atoms with Crippen molar-refractivity contribution in [2.75, 3.05) is 12.4 Å². The Morgan fingerprint density at radius 2 is 1.86 bits per heavy atom. The van der Waals surface area contributed by atoms with Crippen molar-refractivity contribution in [3.05, 3.63) is 76.2 Å². The molecule has 1 amide bonds. The van der Waals surface area contributed by atoms with Gasteiger partial charge in [-0.3, -0.25) is 14.2 Å². The summed E-state index contributed by atoms with van der Waals surface area (Å²) in [6.07, 6.45) is 1.42. The number of nitrogens with zero attached hydrogens (tertiary/aromatic N) is 2. The van der Waals surface area contributed by atoms with Crippen molar-refractivity contribution in [2.24, 2.45) is 0 Å². The Kier molecular flexibility index (Phi) is 5.14. The van der Waals surface area contributed by atoms with Gasteiger partial charge in [-0.2, -0.15) is 0 Å². The van der Waals surface area contributed by atoms with Gasteiger partial charge < -0.3 is 10.1 Å². The van der Waals surface area contributed by atoms with Crippen LogP contribution in [0.5, 0.6) is 5.75 Å². The molecule has 0 spiro atoms. The Bertz CT molecular complexity index is 1230. The molecular weight excluding hydrogens is 386 g/mol. The molecule has 2 aromatic heterocycles. The van der Waals surface area contributed by atoms with Crippen LogP contribution in [0.2, 0.25) is 0 Å². The fourth-order valence-electron chi connectivity index (χ4n) is 3.06. The van der Waals surface area contributed by atoms with Crippen molar-refractivity contribution >= 4 is 33.1 Å². The summed E-state index contributed by atoms with van der Waals surface area (Å²) in [5.74, 6) is 0.403. The van der Waals surface area contributed by atoms with Crippen molar-refractivity contribution in [2.45, 2.75) is 13.5 Å². The zero-order valence-electron chi connectivity index (χ0n) is 16.0. The minimum absolute atomic E-state index is 0.114. The molecule has 0 aliphatic rings. The number of carbonyl (C=O) groups excluding carboxylic acids is 1. The van der Waals surface area contributed by atoms with Gasteiger partial charge in [0.15, 0.2) is 0 Å². The second-order valence-corrected chi connectivity index (χ2v) is 7.51. The van der Waals surface area contributed by atoms with Crippen LogP contribution in [0, 0.1) is 6.92 Å². The van der Waals surface area contributed by atoms with E-state index in [0.29, 0.717) is 21.7 Å². The maximum Gasteiger partial charge on any atom is 0.263 e. The molecule has 2 aromatic carbocycles. The minimum atomic E-state index is -0.300. The van der Waals surface area contributed by atoms with E-state index < -0.39 is 0 Å². The summed E-state index contributed by atoms with van der Waals surface area (Å²) in [5.41, 5.74) is 3.36. The molecule has 0 aliphatic carbocycles. The number of nitrogens with one attached hydrogen (secondary N) is 1. The van der Waals surface area contributed by atoms with Crippen molar-refractivity contribution < 1.29 is 9.53 Å². The van der Waals surface area contributed by atoms with Gasteiger partial charge in [0, 0.05) is 16.6 Å². The monoisotopic (exact) mass is 405 g/mol. The van der Waals surface area contributed by atoms with E-state index in [1.807, 2.05) is 36.6 Å². The highest BCUT2D eigenvalue weighted by atomic mass is 32.1. The summed E-state index contributed by atoms with van der Waals surface area (Å²) in [6, 6.07) is 15.0. The molecule has 7 heteroatoms. The predicted molar refractivity (Wildman–Crippen MR) is 116 cm³/mol.